The van der Waals surface area contributed by atoms with Gasteiger partial charge in [-0.15, -0.1) is 11.3 Å². The number of hydrogen-bond donors (Lipinski definition) is 0. The normalized spacial score (nSPS) is 13.9. The number of fused-ring (bicyclic) bond motifs is 9. The van der Waals surface area contributed by atoms with Gasteiger partial charge in [-0.2, -0.15) is 0 Å². The molecule has 0 unspecified atom stereocenters. The Morgan fingerprint density at radius 1 is 0.516 bits per heavy atom. The van der Waals surface area contributed by atoms with Gasteiger partial charge in [-0.1, -0.05) is 143 Å². The second kappa shape index (κ2) is 14.2. The molecule has 0 atom stereocenters. The Morgan fingerprint density at radius 3 is 1.88 bits per heavy atom. The second-order valence-corrected chi connectivity index (χ2v) is 22.7. The molecule has 0 amide bonds. The number of benzene rings is 7. The average Bonchev–Trinajstić information content (AvgIpc) is 3.83. The molecule has 0 spiro atoms. The molecule has 0 N–H and O–H groups in total. The van der Waals surface area contributed by atoms with Crippen LogP contribution in [-0.4, -0.2) is 6.71 Å². The minimum atomic E-state index is -0.0455. The summed E-state index contributed by atoms with van der Waals surface area (Å²) in [6.07, 6.45) is 0. The Balaban J connectivity index is 1.22. The number of rotatable bonds is 4. The highest BCUT2D eigenvalue weighted by atomic mass is 32.1. The summed E-state index contributed by atoms with van der Waals surface area (Å²) in [5.41, 5.74) is 19.7. The minimum Gasteiger partial charge on any atom is -0.456 e. The van der Waals surface area contributed by atoms with E-state index in [-0.39, 0.29) is 23.0 Å². The lowest BCUT2D eigenvalue weighted by atomic mass is 9.36. The number of hydrogen-bond acceptors (Lipinski definition) is 4. The minimum absolute atomic E-state index is 0.0154. The van der Waals surface area contributed by atoms with Crippen LogP contribution < -0.4 is 25.5 Å². The molecule has 0 radical (unpaired) electrons. The summed E-state index contributed by atoms with van der Waals surface area (Å²) < 4.78 is 9.10. The van der Waals surface area contributed by atoms with Gasteiger partial charge in [-0.05, 0) is 134 Å². The van der Waals surface area contributed by atoms with Crippen LogP contribution in [0.5, 0.6) is 0 Å². The highest BCUT2D eigenvalue weighted by Gasteiger charge is 2.45. The topological polar surface area (TPSA) is 19.6 Å². The van der Waals surface area contributed by atoms with Crippen LogP contribution in [0.25, 0.3) is 43.2 Å². The van der Waals surface area contributed by atoms with Gasteiger partial charge in [-0.25, -0.2) is 0 Å². The zero-order valence-electron chi connectivity index (χ0n) is 39.1. The van der Waals surface area contributed by atoms with Crippen molar-refractivity contribution in [3.05, 3.63) is 162 Å². The first kappa shape index (κ1) is 40.7. The van der Waals surface area contributed by atoms with E-state index >= 15 is 0 Å². The number of thiophene rings is 1. The Kier molecular flexibility index (Phi) is 9.06. The molecular weight excluding hydrogens is 796 g/mol. The SMILES string of the molecule is CC(C)c1ccc2c(c1)B1c3sc4ccc(C(C)(C)C)cc4c3N(c3ccc(C(C)(C)C)cc3)c3cccc(c31)N2c1ccc(C(C)(C)C)cc1-c1ccc2oc3ccccc3c2c1. The predicted molar refractivity (Wildman–Crippen MR) is 279 cm³/mol. The van der Waals surface area contributed by atoms with Crippen molar-refractivity contribution in [1.29, 1.82) is 0 Å². The Morgan fingerprint density at radius 2 is 1.16 bits per heavy atom. The van der Waals surface area contributed by atoms with Crippen molar-refractivity contribution >= 4 is 99.9 Å². The molecule has 5 heteroatoms. The van der Waals surface area contributed by atoms with Crippen LogP contribution in [0.4, 0.5) is 34.1 Å². The van der Waals surface area contributed by atoms with E-state index in [9.17, 15) is 0 Å². The number of para-hydroxylation sites is 1. The van der Waals surface area contributed by atoms with Crippen molar-refractivity contribution in [2.75, 3.05) is 9.80 Å². The van der Waals surface area contributed by atoms with Crippen LogP contribution in [0.2, 0.25) is 0 Å². The van der Waals surface area contributed by atoms with E-state index in [0.29, 0.717) is 5.92 Å². The van der Waals surface area contributed by atoms with Crippen molar-refractivity contribution in [1.82, 2.24) is 0 Å². The van der Waals surface area contributed by atoms with Crippen LogP contribution in [0, 0.1) is 0 Å². The maximum atomic E-state index is 6.36. The quantitative estimate of drug-likeness (QED) is 0.164. The van der Waals surface area contributed by atoms with Gasteiger partial charge in [-0.3, -0.25) is 0 Å². The lowest BCUT2D eigenvalue weighted by Crippen LogP contribution is -2.60. The summed E-state index contributed by atoms with van der Waals surface area (Å²) in [5, 5.41) is 3.61. The van der Waals surface area contributed by atoms with E-state index in [4.69, 9.17) is 4.42 Å². The molecule has 0 fully saturated rings. The summed E-state index contributed by atoms with van der Waals surface area (Å²) in [6.45, 7) is 25.5. The van der Waals surface area contributed by atoms with E-state index in [1.54, 1.807) is 0 Å². The first-order valence-electron chi connectivity index (χ1n) is 23.1. The van der Waals surface area contributed by atoms with Gasteiger partial charge in [0.15, 0.2) is 0 Å². The van der Waals surface area contributed by atoms with Crippen LogP contribution in [0.15, 0.2) is 144 Å². The first-order chi connectivity index (χ1) is 30.5. The fourth-order valence-electron chi connectivity index (χ4n) is 10.2. The number of nitrogens with zero attached hydrogens (tertiary/aromatic N) is 2. The van der Waals surface area contributed by atoms with Crippen molar-refractivity contribution in [2.45, 2.75) is 98.3 Å². The van der Waals surface area contributed by atoms with Crippen LogP contribution in [-0.2, 0) is 16.2 Å². The van der Waals surface area contributed by atoms with Gasteiger partial charge in [0.2, 0.25) is 0 Å². The standard InChI is InChI=1S/C59H57BN2OS/c1-35(2)36-19-27-48-46(32-36)60-54-49(61(41-25-21-38(22-26-41)57(3,4)5)55-45-34-40(59(9,10)11)24-30-53(45)64-56(55)60)16-14-17-50(54)62(48)47-28-23-39(58(6,7)8)33-43(47)37-20-29-52-44(31-37)42-15-12-13-18-51(42)63-52/h12-35H,1-11H3. The lowest BCUT2D eigenvalue weighted by Gasteiger charge is -2.44. The Labute approximate surface area is 383 Å². The van der Waals surface area contributed by atoms with Gasteiger partial charge < -0.3 is 14.2 Å². The van der Waals surface area contributed by atoms with E-state index < -0.39 is 0 Å². The molecular formula is C59H57BN2OS. The molecule has 2 aliphatic rings. The molecule has 2 aromatic heterocycles. The number of furan rings is 1. The zero-order valence-corrected chi connectivity index (χ0v) is 40.0. The summed E-state index contributed by atoms with van der Waals surface area (Å²) >= 11 is 1.98. The third kappa shape index (κ3) is 6.37. The molecule has 64 heavy (non-hydrogen) atoms. The van der Waals surface area contributed by atoms with Crippen LogP contribution in [0.1, 0.15) is 104 Å². The molecule has 7 aromatic carbocycles. The molecule has 318 valence electrons. The predicted octanol–water partition coefficient (Wildman–Crippen LogP) is 15.6. The van der Waals surface area contributed by atoms with E-state index in [1.165, 1.54) is 93.3 Å². The monoisotopic (exact) mass is 852 g/mol. The smallest absolute Gasteiger partial charge is 0.264 e. The summed E-state index contributed by atoms with van der Waals surface area (Å²) in [4.78, 5) is 5.19. The van der Waals surface area contributed by atoms with Crippen molar-refractivity contribution < 1.29 is 4.42 Å². The summed E-state index contributed by atoms with van der Waals surface area (Å²) in [6, 6.07) is 53.3. The summed E-state index contributed by atoms with van der Waals surface area (Å²) in [7, 11) is 0. The highest BCUT2D eigenvalue weighted by Crippen LogP contribution is 2.50. The Bertz CT molecular complexity index is 3330. The third-order valence-electron chi connectivity index (χ3n) is 13.9. The molecule has 0 aliphatic carbocycles. The summed E-state index contributed by atoms with van der Waals surface area (Å²) in [5.74, 6) is 0.381. The van der Waals surface area contributed by atoms with Crippen molar-refractivity contribution in [3.8, 4) is 11.1 Å². The zero-order chi connectivity index (χ0) is 44.6. The molecule has 3 nitrogen and oxygen atoms in total. The van der Waals surface area contributed by atoms with Crippen molar-refractivity contribution in [3.63, 3.8) is 0 Å². The molecule has 0 saturated heterocycles. The molecule has 9 aromatic rings. The third-order valence-corrected chi connectivity index (χ3v) is 15.1. The first-order valence-corrected chi connectivity index (χ1v) is 23.9. The number of anilines is 6. The molecule has 2 aliphatic heterocycles. The maximum Gasteiger partial charge on any atom is 0.264 e. The van der Waals surface area contributed by atoms with Crippen LogP contribution >= 0.6 is 11.3 Å². The van der Waals surface area contributed by atoms with Gasteiger partial charge in [0, 0.05) is 53.9 Å². The van der Waals surface area contributed by atoms with Gasteiger partial charge in [0.25, 0.3) is 6.71 Å². The molecule has 0 bridgehead atoms. The molecule has 0 saturated carbocycles. The Hall–Kier alpha value is -6.04. The van der Waals surface area contributed by atoms with Gasteiger partial charge in [0.1, 0.15) is 11.2 Å². The van der Waals surface area contributed by atoms with E-state index in [1.807, 2.05) is 11.3 Å². The van der Waals surface area contributed by atoms with Crippen LogP contribution in [0.3, 0.4) is 0 Å². The second-order valence-electron chi connectivity index (χ2n) is 21.7. The largest absolute Gasteiger partial charge is 0.456 e. The fraction of sp³-hybridized carbons (Fsp3) is 0.254. The lowest BCUT2D eigenvalue weighted by molar-refractivity contribution is 0.590. The maximum absolute atomic E-state index is 6.36. The van der Waals surface area contributed by atoms with Crippen molar-refractivity contribution in [2.24, 2.45) is 0 Å². The fourth-order valence-corrected chi connectivity index (χ4v) is 11.5. The average molecular weight is 853 g/mol. The molecule has 4 heterocycles. The van der Waals surface area contributed by atoms with E-state index in [2.05, 4.69) is 225 Å². The van der Waals surface area contributed by atoms with Gasteiger partial charge >= 0.3 is 0 Å². The van der Waals surface area contributed by atoms with E-state index in [0.717, 1.165) is 21.9 Å². The highest BCUT2D eigenvalue weighted by molar-refractivity contribution is 7.33. The van der Waals surface area contributed by atoms with Gasteiger partial charge in [0.05, 0.1) is 11.4 Å². The molecule has 11 rings (SSSR count).